The summed E-state index contributed by atoms with van der Waals surface area (Å²) in [6, 6.07) is 0. The van der Waals surface area contributed by atoms with Gasteiger partial charge in [0.1, 0.15) is 0 Å². The Morgan fingerprint density at radius 2 is 1.00 bits per heavy atom. The number of alkyl halides is 12. The van der Waals surface area contributed by atoms with Gasteiger partial charge in [-0.05, 0) is 0 Å². The van der Waals surface area contributed by atoms with Crippen LogP contribution in [0.1, 0.15) is 6.42 Å². The fourth-order valence-electron chi connectivity index (χ4n) is 0.860. The van der Waals surface area contributed by atoms with E-state index in [4.69, 9.17) is 0 Å². The van der Waals surface area contributed by atoms with Crippen LogP contribution in [0, 0.1) is 0 Å². The van der Waals surface area contributed by atoms with Crippen molar-refractivity contribution in [1.82, 2.24) is 0 Å². The zero-order chi connectivity index (χ0) is 16.6. The van der Waals surface area contributed by atoms with Gasteiger partial charge in [-0.25, -0.2) is 0 Å². The Hall–Kier alpha value is -0.880. The van der Waals surface area contributed by atoms with E-state index in [1.54, 1.807) is 0 Å². The summed E-state index contributed by atoms with van der Waals surface area (Å²) in [5.74, 6) is -20.1. The lowest BCUT2D eigenvalue weighted by Gasteiger charge is -2.33. The van der Waals surface area contributed by atoms with Crippen molar-refractivity contribution in [2.45, 2.75) is 36.7 Å². The number of ether oxygens (including phenoxy) is 1. The molecule has 0 aromatic rings. The average molecular weight is 332 g/mol. The highest BCUT2D eigenvalue weighted by molar-refractivity contribution is 5.00. The fraction of sp³-hybridized carbons (Fsp3) is 1.00. The van der Waals surface area contributed by atoms with Crippen LogP contribution in [0.5, 0.6) is 0 Å². The fourth-order valence-corrected chi connectivity index (χ4v) is 0.860. The first-order valence-electron chi connectivity index (χ1n) is 4.36. The predicted octanol–water partition coefficient (Wildman–Crippen LogP) is 4.38. The second-order valence-electron chi connectivity index (χ2n) is 3.40. The number of halogens is 12. The molecule has 0 amide bonds. The summed E-state index contributed by atoms with van der Waals surface area (Å²) in [4.78, 5) is 0. The Balaban J connectivity index is 5.08. The van der Waals surface area contributed by atoms with Crippen molar-refractivity contribution in [1.29, 1.82) is 0 Å². The van der Waals surface area contributed by atoms with Crippen LogP contribution in [-0.2, 0) is 4.74 Å². The van der Waals surface area contributed by atoms with Crippen molar-refractivity contribution in [2.24, 2.45) is 0 Å². The Kier molecular flexibility index (Phi) is 4.92. The van der Waals surface area contributed by atoms with Gasteiger partial charge in [-0.3, -0.25) is 4.74 Å². The maximum atomic E-state index is 12.6. The lowest BCUT2D eigenvalue weighted by molar-refractivity contribution is -0.400. The van der Waals surface area contributed by atoms with Gasteiger partial charge in [-0.2, -0.15) is 39.5 Å². The molecule has 0 spiro atoms. The predicted molar refractivity (Wildman–Crippen MR) is 37.5 cm³/mol. The third kappa shape index (κ3) is 3.82. The van der Waals surface area contributed by atoms with Crippen molar-refractivity contribution in [2.75, 3.05) is 6.61 Å². The van der Waals surface area contributed by atoms with E-state index in [9.17, 15) is 52.7 Å². The molecule has 0 atom stereocenters. The largest absolute Gasteiger partial charge is 0.522 e. The second-order valence-corrected chi connectivity index (χ2v) is 3.40. The van der Waals surface area contributed by atoms with Gasteiger partial charge in [0.05, 0.1) is 6.61 Å². The molecule has 0 saturated carbocycles. The Morgan fingerprint density at radius 1 is 0.600 bits per heavy atom. The molecular weight excluding hydrogens is 328 g/mol. The summed E-state index contributed by atoms with van der Waals surface area (Å²) >= 11 is 0. The summed E-state index contributed by atoms with van der Waals surface area (Å²) in [6.45, 7) is -2.22. The second kappa shape index (κ2) is 5.15. The van der Waals surface area contributed by atoms with Crippen LogP contribution in [0.3, 0.4) is 0 Å². The van der Waals surface area contributed by atoms with E-state index in [-0.39, 0.29) is 0 Å². The van der Waals surface area contributed by atoms with E-state index in [1.807, 2.05) is 0 Å². The quantitative estimate of drug-likeness (QED) is 0.679. The van der Waals surface area contributed by atoms with Gasteiger partial charge >= 0.3 is 30.3 Å². The third-order valence-corrected chi connectivity index (χ3v) is 1.89. The molecule has 0 fully saturated rings. The molecule has 0 saturated heterocycles. The number of hydrogen-bond donors (Lipinski definition) is 0. The lowest BCUT2D eigenvalue weighted by atomic mass is 10.0. The molecule has 0 aliphatic rings. The molecule has 0 N–H and O–H groups in total. The minimum atomic E-state index is -7.12. The summed E-state index contributed by atoms with van der Waals surface area (Å²) in [5.41, 5.74) is 0. The smallest absolute Gasteiger partial charge is 0.292 e. The third-order valence-electron chi connectivity index (χ3n) is 1.89. The van der Waals surface area contributed by atoms with Crippen LogP contribution < -0.4 is 0 Å². The van der Waals surface area contributed by atoms with E-state index in [0.29, 0.717) is 0 Å². The summed E-state index contributed by atoms with van der Waals surface area (Å²) in [6.07, 6.45) is -15.2. The minimum Gasteiger partial charge on any atom is -0.292 e. The lowest BCUT2D eigenvalue weighted by Crippen LogP contribution is -2.61. The first-order chi connectivity index (χ1) is 8.46. The maximum absolute atomic E-state index is 12.6. The van der Waals surface area contributed by atoms with Gasteiger partial charge in [-0.1, -0.05) is 0 Å². The molecule has 0 bridgehead atoms. The van der Waals surface area contributed by atoms with Crippen LogP contribution >= 0.6 is 0 Å². The Bertz CT molecular complexity index is 326. The molecule has 1 nitrogen and oxygen atoms in total. The van der Waals surface area contributed by atoms with Crippen molar-refractivity contribution in [3.8, 4) is 0 Å². The first kappa shape index (κ1) is 19.1. The van der Waals surface area contributed by atoms with Crippen molar-refractivity contribution < 1.29 is 57.4 Å². The van der Waals surface area contributed by atoms with Gasteiger partial charge in [0, 0.05) is 6.42 Å². The van der Waals surface area contributed by atoms with Crippen LogP contribution in [0.4, 0.5) is 52.7 Å². The SMILES string of the molecule is FC(F)(F)OCCC(F)(F)C(F)(F)C(F)(F)C(F)(F)F. The van der Waals surface area contributed by atoms with E-state index >= 15 is 0 Å². The maximum Gasteiger partial charge on any atom is 0.522 e. The standard InChI is InChI=1S/C7H4F12O/c8-3(9,1-2-20-7(17,18)19)4(10,11)5(12,13)6(14,15)16/h1-2H2. The Morgan fingerprint density at radius 3 is 1.30 bits per heavy atom. The van der Waals surface area contributed by atoms with Gasteiger partial charge in [0.15, 0.2) is 0 Å². The van der Waals surface area contributed by atoms with Crippen LogP contribution in [0.2, 0.25) is 0 Å². The van der Waals surface area contributed by atoms with Crippen molar-refractivity contribution >= 4 is 0 Å². The minimum absolute atomic E-state index is 2.22. The van der Waals surface area contributed by atoms with Gasteiger partial charge in [-0.15, -0.1) is 13.2 Å². The van der Waals surface area contributed by atoms with Crippen molar-refractivity contribution in [3.05, 3.63) is 0 Å². The van der Waals surface area contributed by atoms with E-state index in [2.05, 4.69) is 4.74 Å². The molecule has 13 heteroatoms. The normalized spacial score (nSPS) is 15.6. The molecule has 0 heterocycles. The zero-order valence-electron chi connectivity index (χ0n) is 8.86. The van der Waals surface area contributed by atoms with Crippen LogP contribution in [-0.4, -0.2) is 36.9 Å². The highest BCUT2D eigenvalue weighted by Crippen LogP contribution is 2.54. The summed E-state index contributed by atoms with van der Waals surface area (Å²) in [5, 5.41) is 0. The molecular formula is C7H4F12O. The van der Waals surface area contributed by atoms with Gasteiger partial charge < -0.3 is 0 Å². The molecule has 0 rings (SSSR count). The van der Waals surface area contributed by atoms with Crippen molar-refractivity contribution in [3.63, 3.8) is 0 Å². The molecule has 0 aromatic carbocycles. The highest BCUT2D eigenvalue weighted by Gasteiger charge is 2.81. The van der Waals surface area contributed by atoms with Gasteiger partial charge in [0.25, 0.3) is 0 Å². The topological polar surface area (TPSA) is 9.23 Å². The molecule has 20 heavy (non-hydrogen) atoms. The molecule has 0 aromatic heterocycles. The summed E-state index contributed by atoms with van der Waals surface area (Å²) in [7, 11) is 0. The molecule has 0 unspecified atom stereocenters. The zero-order valence-corrected chi connectivity index (χ0v) is 8.86. The number of rotatable bonds is 5. The van der Waals surface area contributed by atoms with E-state index < -0.39 is 43.3 Å². The van der Waals surface area contributed by atoms with E-state index in [0.717, 1.165) is 0 Å². The average Bonchev–Trinajstić information content (AvgIpc) is 2.12. The van der Waals surface area contributed by atoms with Gasteiger partial charge in [0.2, 0.25) is 0 Å². The van der Waals surface area contributed by atoms with Crippen LogP contribution in [0.25, 0.3) is 0 Å². The molecule has 0 aliphatic heterocycles. The monoisotopic (exact) mass is 332 g/mol. The highest BCUT2D eigenvalue weighted by atomic mass is 19.4. The van der Waals surface area contributed by atoms with E-state index in [1.165, 1.54) is 0 Å². The first-order valence-corrected chi connectivity index (χ1v) is 4.36. The molecule has 0 radical (unpaired) electrons. The molecule has 122 valence electrons. The van der Waals surface area contributed by atoms with Crippen LogP contribution in [0.15, 0.2) is 0 Å². The summed E-state index contributed by atoms with van der Waals surface area (Å²) < 4.78 is 146. The molecule has 0 aliphatic carbocycles. The number of hydrogen-bond acceptors (Lipinski definition) is 1. The Labute approximate surface area is 102 Å².